The Morgan fingerprint density at radius 1 is 0.373 bits per heavy atom. The van der Waals surface area contributed by atoms with Crippen molar-refractivity contribution in [2.75, 3.05) is 0 Å². The van der Waals surface area contributed by atoms with Crippen LogP contribution >= 0.6 is 0 Å². The molecule has 0 fully saturated rings. The number of hydrogen-bond donors (Lipinski definition) is 0. The predicted octanol–water partition coefficient (Wildman–Crippen LogP) is 11.7. The van der Waals surface area contributed by atoms with Crippen LogP contribution in [0.1, 0.15) is 45.5 Å². The van der Waals surface area contributed by atoms with E-state index in [0.29, 0.717) is 0 Å². The van der Waals surface area contributed by atoms with Crippen molar-refractivity contribution in [2.45, 2.75) is 11.8 Å². The van der Waals surface area contributed by atoms with Gasteiger partial charge in [-0.2, -0.15) is 11.1 Å². The Kier molecular flexibility index (Phi) is 9.22. The van der Waals surface area contributed by atoms with E-state index in [0.717, 1.165) is 11.4 Å². The van der Waals surface area contributed by atoms with E-state index in [4.69, 9.17) is 0 Å². The van der Waals surface area contributed by atoms with Gasteiger partial charge in [-0.3, -0.25) is 22.1 Å². The summed E-state index contributed by atoms with van der Waals surface area (Å²) in [5.41, 5.74) is 12.3. The second-order valence-electron chi connectivity index (χ2n) is 12.7. The fourth-order valence-corrected chi connectivity index (χ4v) is 7.48. The van der Waals surface area contributed by atoms with Gasteiger partial charge in [0, 0.05) is 23.8 Å². The fourth-order valence-electron chi connectivity index (χ4n) is 7.48. The largest absolute Gasteiger partial charge is 2.00 e. The molecule has 2 aliphatic rings. The van der Waals surface area contributed by atoms with Crippen molar-refractivity contribution in [1.82, 2.24) is 9.97 Å². The number of nitrogens with zero attached hydrogens (tertiary/aromatic N) is 2. The first-order valence-corrected chi connectivity index (χ1v) is 17.1. The summed E-state index contributed by atoms with van der Waals surface area (Å²) in [6, 6.07) is 55.4. The molecule has 0 amide bonds. The van der Waals surface area contributed by atoms with Crippen LogP contribution in [0.3, 0.4) is 0 Å². The second kappa shape index (κ2) is 14.4. The first-order valence-electron chi connectivity index (χ1n) is 17.1. The molecule has 2 aromatic heterocycles. The van der Waals surface area contributed by atoms with E-state index >= 15 is 0 Å². The summed E-state index contributed by atoms with van der Waals surface area (Å²) in [6.07, 6.45) is 15.0. The molecule has 51 heavy (non-hydrogen) atoms. The fraction of sp³-hybridized carbons (Fsp3) is 0.0417. The molecule has 0 saturated carbocycles. The molecular formula is C48H32N2Zr. The number of allylic oxidation sites excluding steroid dienone is 2. The zero-order chi connectivity index (χ0) is 33.3. The van der Waals surface area contributed by atoms with Crippen LogP contribution in [0.25, 0.3) is 56.0 Å². The molecule has 0 aliphatic heterocycles. The van der Waals surface area contributed by atoms with Crippen molar-refractivity contribution in [3.63, 3.8) is 0 Å². The molecule has 8 aromatic rings. The first kappa shape index (κ1) is 32.7. The topological polar surface area (TPSA) is 25.8 Å². The van der Waals surface area contributed by atoms with Gasteiger partial charge in [0.15, 0.2) is 0 Å². The zero-order valence-corrected chi connectivity index (χ0v) is 30.3. The smallest absolute Gasteiger partial charge is 0.262 e. The molecule has 0 N–H and O–H groups in total. The molecule has 2 unspecified atom stereocenters. The van der Waals surface area contributed by atoms with Crippen LogP contribution in [-0.2, 0) is 26.2 Å². The Bertz CT molecular complexity index is 2360. The maximum absolute atomic E-state index is 4.53. The summed E-state index contributed by atoms with van der Waals surface area (Å²) in [4.78, 5) is 9.06. The van der Waals surface area contributed by atoms with E-state index in [1.54, 1.807) is 0 Å². The van der Waals surface area contributed by atoms with E-state index in [-0.39, 0.29) is 38.0 Å². The number of rotatable bonds is 4. The molecule has 0 saturated heterocycles. The van der Waals surface area contributed by atoms with Gasteiger partial charge in [-0.25, -0.2) is 12.2 Å². The van der Waals surface area contributed by atoms with Gasteiger partial charge in [-0.15, -0.1) is 11.1 Å². The van der Waals surface area contributed by atoms with Crippen LogP contribution in [0.2, 0.25) is 0 Å². The SMILES string of the molecule is [C-]1=Cc2c(-c3cccc4ccccc34)cccc2C1c1ccccn1.[C-]1=Cc2c(-c3cccc4ccccc34)cccc2C1c1ccccn1.[Zr+2]. The average Bonchev–Trinajstić information content (AvgIpc) is 3.84. The Hall–Kier alpha value is -5.50. The minimum absolute atomic E-state index is 0. The molecule has 0 bridgehead atoms. The number of hydrogen-bond acceptors (Lipinski definition) is 2. The minimum Gasteiger partial charge on any atom is -0.262 e. The summed E-state index contributed by atoms with van der Waals surface area (Å²) in [5, 5.41) is 5.11. The molecule has 0 radical (unpaired) electrons. The maximum atomic E-state index is 4.53. The van der Waals surface area contributed by atoms with Gasteiger partial charge in [-0.1, -0.05) is 145 Å². The molecule has 10 rings (SSSR count). The third-order valence-corrected chi connectivity index (χ3v) is 9.82. The number of aromatic nitrogens is 2. The summed E-state index contributed by atoms with van der Waals surface area (Å²) in [7, 11) is 0. The van der Waals surface area contributed by atoms with Crippen LogP contribution < -0.4 is 0 Å². The van der Waals surface area contributed by atoms with E-state index in [1.165, 1.54) is 66.1 Å². The molecule has 2 nitrogen and oxygen atoms in total. The molecule has 2 atom stereocenters. The van der Waals surface area contributed by atoms with Gasteiger partial charge in [-0.05, 0) is 68.8 Å². The number of benzene rings is 6. The summed E-state index contributed by atoms with van der Waals surface area (Å²) < 4.78 is 0. The average molecular weight is 728 g/mol. The molecule has 6 aromatic carbocycles. The number of pyridine rings is 2. The zero-order valence-electron chi connectivity index (χ0n) is 27.9. The maximum Gasteiger partial charge on any atom is 2.00 e. The summed E-state index contributed by atoms with van der Waals surface area (Å²) >= 11 is 0. The Morgan fingerprint density at radius 2 is 0.765 bits per heavy atom. The second-order valence-corrected chi connectivity index (χ2v) is 12.7. The van der Waals surface area contributed by atoms with Gasteiger partial charge in [0.25, 0.3) is 0 Å². The van der Waals surface area contributed by atoms with Crippen molar-refractivity contribution in [1.29, 1.82) is 0 Å². The van der Waals surface area contributed by atoms with Gasteiger partial charge in [0.2, 0.25) is 0 Å². The Morgan fingerprint density at radius 3 is 1.22 bits per heavy atom. The normalized spacial score (nSPS) is 15.1. The molecule has 3 heteroatoms. The molecular weight excluding hydrogens is 696 g/mol. The van der Waals surface area contributed by atoms with E-state index in [1.807, 2.05) is 36.7 Å². The third-order valence-electron chi connectivity index (χ3n) is 9.82. The van der Waals surface area contributed by atoms with Gasteiger partial charge in [0.1, 0.15) is 0 Å². The predicted molar refractivity (Wildman–Crippen MR) is 206 cm³/mol. The standard InChI is InChI=1S/2C24H16N.Zr/c2*1-2-9-18-17(7-1)8-5-10-19(18)20-11-6-12-21-22(20)14-15-23(21)24-13-3-4-16-25-24;/h2*1-14,16,23H;/q2*-1;+2. The van der Waals surface area contributed by atoms with Crippen LogP contribution in [0.5, 0.6) is 0 Å². The molecule has 2 aliphatic carbocycles. The van der Waals surface area contributed by atoms with Gasteiger partial charge in [0.05, 0.1) is 0 Å². The van der Waals surface area contributed by atoms with Crippen LogP contribution in [-0.4, -0.2) is 9.97 Å². The van der Waals surface area contributed by atoms with Crippen molar-refractivity contribution in [3.05, 3.63) is 216 Å². The molecule has 238 valence electrons. The quantitative estimate of drug-likeness (QED) is 0.169. The van der Waals surface area contributed by atoms with Gasteiger partial charge < -0.3 is 0 Å². The van der Waals surface area contributed by atoms with Gasteiger partial charge >= 0.3 is 26.2 Å². The van der Waals surface area contributed by atoms with Crippen LogP contribution in [0.15, 0.2) is 170 Å². The van der Waals surface area contributed by atoms with Crippen LogP contribution in [0.4, 0.5) is 0 Å². The third kappa shape index (κ3) is 6.13. The van der Waals surface area contributed by atoms with Crippen molar-refractivity contribution < 1.29 is 26.2 Å². The van der Waals surface area contributed by atoms with Crippen molar-refractivity contribution >= 4 is 33.7 Å². The Balaban J connectivity index is 0.000000144. The monoisotopic (exact) mass is 726 g/mol. The van der Waals surface area contributed by atoms with Crippen LogP contribution in [0, 0.1) is 12.2 Å². The van der Waals surface area contributed by atoms with E-state index in [2.05, 4.69) is 168 Å². The van der Waals surface area contributed by atoms with Crippen molar-refractivity contribution in [3.8, 4) is 22.3 Å². The van der Waals surface area contributed by atoms with Crippen molar-refractivity contribution in [2.24, 2.45) is 0 Å². The van der Waals surface area contributed by atoms with E-state index < -0.39 is 0 Å². The Labute approximate surface area is 318 Å². The number of fused-ring (bicyclic) bond motifs is 4. The summed E-state index contributed by atoms with van der Waals surface area (Å²) in [5.74, 6) is 0.234. The minimum atomic E-state index is 0. The van der Waals surface area contributed by atoms with E-state index in [9.17, 15) is 0 Å². The molecule has 0 spiro atoms. The summed E-state index contributed by atoms with van der Waals surface area (Å²) in [6.45, 7) is 0. The molecule has 2 heterocycles. The first-order chi connectivity index (χ1) is 24.8.